The number of methoxy groups -OCH3 is 2. The lowest BCUT2D eigenvalue weighted by Gasteiger charge is -2.34. The number of anilines is 1. The molecule has 8 heteroatoms. The zero-order valence-corrected chi connectivity index (χ0v) is 24.0. The number of nitrogens with one attached hydrogen (secondary N) is 1. The van der Waals surface area contributed by atoms with Gasteiger partial charge in [0.05, 0.1) is 25.5 Å². The average molecular weight is 553 g/mol. The minimum atomic E-state index is -0.150. The molecule has 2 heterocycles. The van der Waals surface area contributed by atoms with Crippen LogP contribution in [0.5, 0.6) is 11.5 Å². The highest BCUT2D eigenvalue weighted by Gasteiger charge is 2.28. The SMILES string of the molecule is CCc1ccc(NC(=O)N2CCN(C(=O)c3cc(-c4ccccc4)n(-c4ccc(OC)c(OC)c4)c3C)CC2)cc1. The van der Waals surface area contributed by atoms with Gasteiger partial charge in [-0.2, -0.15) is 0 Å². The van der Waals surface area contributed by atoms with Crippen LogP contribution in [0.25, 0.3) is 16.9 Å². The first-order valence-corrected chi connectivity index (χ1v) is 13.9. The van der Waals surface area contributed by atoms with Gasteiger partial charge in [0.1, 0.15) is 0 Å². The van der Waals surface area contributed by atoms with Crippen molar-refractivity contribution >= 4 is 17.6 Å². The van der Waals surface area contributed by atoms with Crippen molar-refractivity contribution in [2.45, 2.75) is 20.3 Å². The Balaban J connectivity index is 1.37. The van der Waals surface area contributed by atoms with Crippen molar-refractivity contribution in [1.29, 1.82) is 0 Å². The van der Waals surface area contributed by atoms with E-state index >= 15 is 0 Å². The number of piperazine rings is 1. The molecular weight excluding hydrogens is 516 g/mol. The summed E-state index contributed by atoms with van der Waals surface area (Å²) in [4.78, 5) is 30.3. The smallest absolute Gasteiger partial charge is 0.321 e. The maximum Gasteiger partial charge on any atom is 0.321 e. The molecule has 4 aromatic rings. The van der Waals surface area contributed by atoms with Crippen molar-refractivity contribution in [3.8, 4) is 28.4 Å². The topological polar surface area (TPSA) is 76.0 Å². The maximum absolute atomic E-state index is 13.8. The van der Waals surface area contributed by atoms with Gasteiger partial charge in [-0.25, -0.2) is 4.79 Å². The third-order valence-corrected chi connectivity index (χ3v) is 7.64. The van der Waals surface area contributed by atoms with Gasteiger partial charge < -0.3 is 29.2 Å². The number of nitrogens with zero attached hydrogens (tertiary/aromatic N) is 3. The molecule has 0 atom stereocenters. The Morgan fingerprint density at radius 1 is 0.805 bits per heavy atom. The summed E-state index contributed by atoms with van der Waals surface area (Å²) in [5.41, 5.74) is 6.23. The number of carbonyl (C=O) groups is 2. The van der Waals surface area contributed by atoms with Crippen LogP contribution in [0.3, 0.4) is 0 Å². The molecule has 0 saturated carbocycles. The minimum Gasteiger partial charge on any atom is -0.493 e. The third kappa shape index (κ3) is 5.77. The van der Waals surface area contributed by atoms with E-state index in [9.17, 15) is 9.59 Å². The molecule has 8 nitrogen and oxygen atoms in total. The standard InChI is InChI=1S/C33H36N4O4/c1-5-24-11-13-26(14-12-24)34-33(39)36-19-17-35(18-20-36)32(38)28-22-29(25-9-7-6-8-10-25)37(23(28)2)27-15-16-30(40-3)31(21-27)41-4/h6-16,21-22H,5,17-20H2,1-4H3,(H,34,39). The molecule has 3 aromatic carbocycles. The Labute approximate surface area is 241 Å². The highest BCUT2D eigenvalue weighted by molar-refractivity contribution is 5.98. The fraction of sp³-hybridized carbons (Fsp3) is 0.273. The molecule has 41 heavy (non-hydrogen) atoms. The zero-order chi connectivity index (χ0) is 28.9. The van der Waals surface area contributed by atoms with Crippen LogP contribution in [0.1, 0.15) is 28.5 Å². The summed E-state index contributed by atoms with van der Waals surface area (Å²) in [6, 6.07) is 25.5. The van der Waals surface area contributed by atoms with Crippen molar-refractivity contribution in [3.63, 3.8) is 0 Å². The molecule has 1 N–H and O–H groups in total. The number of rotatable bonds is 7. The van der Waals surface area contributed by atoms with Crippen molar-refractivity contribution in [2.75, 3.05) is 45.7 Å². The summed E-state index contributed by atoms with van der Waals surface area (Å²) < 4.78 is 13.1. The summed E-state index contributed by atoms with van der Waals surface area (Å²) in [7, 11) is 3.22. The molecule has 0 radical (unpaired) electrons. The lowest BCUT2D eigenvalue weighted by atomic mass is 10.1. The van der Waals surface area contributed by atoms with Gasteiger partial charge in [0.2, 0.25) is 0 Å². The highest BCUT2D eigenvalue weighted by Crippen LogP contribution is 2.35. The van der Waals surface area contributed by atoms with Crippen molar-refractivity contribution in [3.05, 3.63) is 95.7 Å². The quantitative estimate of drug-likeness (QED) is 0.304. The molecule has 0 unspecified atom stereocenters. The van der Waals surface area contributed by atoms with Gasteiger partial charge in [-0.05, 0) is 54.8 Å². The average Bonchev–Trinajstić information content (AvgIpc) is 3.37. The number of amides is 3. The fourth-order valence-corrected chi connectivity index (χ4v) is 5.25. The lowest BCUT2D eigenvalue weighted by molar-refractivity contribution is 0.0671. The number of hydrogen-bond acceptors (Lipinski definition) is 4. The Morgan fingerprint density at radius 2 is 1.46 bits per heavy atom. The predicted molar refractivity (Wildman–Crippen MR) is 161 cm³/mol. The monoisotopic (exact) mass is 552 g/mol. The van der Waals surface area contributed by atoms with Crippen molar-refractivity contribution < 1.29 is 19.1 Å². The van der Waals surface area contributed by atoms with E-state index in [1.807, 2.05) is 90.7 Å². The van der Waals surface area contributed by atoms with Crippen molar-refractivity contribution in [2.24, 2.45) is 0 Å². The van der Waals surface area contributed by atoms with Crippen LogP contribution in [0.4, 0.5) is 10.5 Å². The van der Waals surface area contributed by atoms with E-state index in [0.717, 1.165) is 34.7 Å². The van der Waals surface area contributed by atoms with Crippen LogP contribution in [0.15, 0.2) is 78.9 Å². The van der Waals surface area contributed by atoms with E-state index in [4.69, 9.17) is 9.47 Å². The van der Waals surface area contributed by atoms with E-state index in [0.29, 0.717) is 43.2 Å². The van der Waals surface area contributed by atoms with Gasteiger partial charge in [-0.15, -0.1) is 0 Å². The molecule has 5 rings (SSSR count). The van der Waals surface area contributed by atoms with E-state index in [1.54, 1.807) is 19.1 Å². The summed E-state index contributed by atoms with van der Waals surface area (Å²) in [5.74, 6) is 1.20. The first-order chi connectivity index (χ1) is 19.9. The fourth-order valence-electron chi connectivity index (χ4n) is 5.25. The van der Waals surface area contributed by atoms with Crippen LogP contribution in [0.2, 0.25) is 0 Å². The van der Waals surface area contributed by atoms with Gasteiger partial charge in [-0.1, -0.05) is 49.4 Å². The second kappa shape index (κ2) is 12.2. The lowest BCUT2D eigenvalue weighted by Crippen LogP contribution is -2.51. The molecule has 212 valence electrons. The zero-order valence-electron chi connectivity index (χ0n) is 24.0. The first kappa shape index (κ1) is 27.8. The second-order valence-corrected chi connectivity index (χ2v) is 10.0. The molecule has 1 fully saturated rings. The normalized spacial score (nSPS) is 13.2. The van der Waals surface area contributed by atoms with E-state index in [2.05, 4.69) is 16.8 Å². The molecule has 3 amide bonds. The molecular formula is C33H36N4O4. The van der Waals surface area contributed by atoms with Crippen LogP contribution in [-0.4, -0.2) is 66.7 Å². The minimum absolute atomic E-state index is 0.0471. The summed E-state index contributed by atoms with van der Waals surface area (Å²) >= 11 is 0. The van der Waals surface area contributed by atoms with Crippen LogP contribution < -0.4 is 14.8 Å². The Bertz CT molecular complexity index is 1520. The number of carbonyl (C=O) groups excluding carboxylic acids is 2. The van der Waals surface area contributed by atoms with Gasteiger partial charge in [0.25, 0.3) is 5.91 Å². The molecule has 1 aliphatic rings. The van der Waals surface area contributed by atoms with Crippen LogP contribution in [-0.2, 0) is 6.42 Å². The highest BCUT2D eigenvalue weighted by atomic mass is 16.5. The number of hydrogen-bond donors (Lipinski definition) is 1. The number of aryl methyl sites for hydroxylation is 1. The Kier molecular flexibility index (Phi) is 8.29. The predicted octanol–water partition coefficient (Wildman–Crippen LogP) is 6.02. The number of aromatic nitrogens is 1. The molecule has 1 aromatic heterocycles. The Morgan fingerprint density at radius 3 is 2.10 bits per heavy atom. The number of ether oxygens (including phenoxy) is 2. The number of urea groups is 1. The largest absolute Gasteiger partial charge is 0.493 e. The number of benzene rings is 3. The molecule has 1 aliphatic heterocycles. The van der Waals surface area contributed by atoms with Crippen LogP contribution >= 0.6 is 0 Å². The van der Waals surface area contributed by atoms with Crippen LogP contribution in [0, 0.1) is 6.92 Å². The summed E-state index contributed by atoms with van der Waals surface area (Å²) in [6.07, 6.45) is 0.953. The second-order valence-electron chi connectivity index (χ2n) is 10.0. The van der Waals surface area contributed by atoms with Crippen molar-refractivity contribution in [1.82, 2.24) is 14.4 Å². The van der Waals surface area contributed by atoms with E-state index in [1.165, 1.54) is 5.56 Å². The maximum atomic E-state index is 13.8. The molecule has 0 aliphatic carbocycles. The molecule has 0 spiro atoms. The third-order valence-electron chi connectivity index (χ3n) is 7.64. The van der Waals surface area contributed by atoms with Gasteiger partial charge >= 0.3 is 6.03 Å². The Hall–Kier alpha value is -4.72. The summed E-state index contributed by atoms with van der Waals surface area (Å²) in [6.45, 7) is 5.91. The van der Waals surface area contributed by atoms with E-state index in [-0.39, 0.29) is 11.9 Å². The van der Waals surface area contributed by atoms with Gasteiger partial charge in [0.15, 0.2) is 11.5 Å². The first-order valence-electron chi connectivity index (χ1n) is 13.9. The van der Waals surface area contributed by atoms with E-state index < -0.39 is 0 Å². The summed E-state index contributed by atoms with van der Waals surface area (Å²) in [5, 5.41) is 2.97. The van der Waals surface area contributed by atoms with Gasteiger partial charge in [-0.3, -0.25) is 4.79 Å². The molecule has 0 bridgehead atoms. The molecule has 1 saturated heterocycles. The van der Waals surface area contributed by atoms with Gasteiger partial charge in [0, 0.05) is 49.3 Å².